The third-order valence-corrected chi connectivity index (χ3v) is 12.4. The van der Waals surface area contributed by atoms with Crippen LogP contribution in [0.15, 0.2) is 0 Å². The van der Waals surface area contributed by atoms with E-state index in [-0.39, 0.29) is 21.4 Å². The van der Waals surface area contributed by atoms with Gasteiger partial charge in [0, 0.05) is 6.61 Å². The van der Waals surface area contributed by atoms with E-state index >= 15 is 0 Å². The second-order valence-corrected chi connectivity index (χ2v) is 16.2. The third-order valence-electron chi connectivity index (χ3n) is 5.13. The van der Waals surface area contributed by atoms with Gasteiger partial charge in [-0.25, -0.2) is 0 Å². The van der Waals surface area contributed by atoms with Crippen molar-refractivity contribution < 1.29 is 9.47 Å². The lowest BCUT2D eigenvalue weighted by molar-refractivity contribution is -0.154. The first-order valence-corrected chi connectivity index (χ1v) is 11.1. The Labute approximate surface area is 145 Å². The summed E-state index contributed by atoms with van der Waals surface area (Å²) in [4.78, 5) is 0. The van der Waals surface area contributed by atoms with Crippen molar-refractivity contribution in [1.29, 1.82) is 0 Å². The zero-order chi connectivity index (χ0) is 17.9. The van der Waals surface area contributed by atoms with Gasteiger partial charge in [0.15, 0.2) is 14.4 Å². The summed E-state index contributed by atoms with van der Waals surface area (Å²) >= 11 is 0. The lowest BCUT2D eigenvalue weighted by Gasteiger charge is -2.55. The Bertz CT molecular complexity index is 395. The van der Waals surface area contributed by atoms with Gasteiger partial charge >= 0.3 is 0 Å². The highest BCUT2D eigenvalue weighted by Gasteiger charge is 2.59. The minimum absolute atomic E-state index is 0.0481. The number of ether oxygens (including phenoxy) is 2. The second kappa shape index (κ2) is 7.29. The van der Waals surface area contributed by atoms with Gasteiger partial charge in [-0.15, -0.1) is 5.54 Å². The van der Waals surface area contributed by atoms with Crippen LogP contribution in [0, 0.1) is 11.5 Å². The van der Waals surface area contributed by atoms with Gasteiger partial charge in [-0.3, -0.25) is 0 Å². The van der Waals surface area contributed by atoms with Crippen molar-refractivity contribution in [1.82, 2.24) is 0 Å². The second-order valence-electron chi connectivity index (χ2n) is 9.91. The van der Waals surface area contributed by atoms with Crippen LogP contribution in [0.3, 0.4) is 0 Å². The fourth-order valence-corrected chi connectivity index (χ4v) is 13.3. The fourth-order valence-electron chi connectivity index (χ4n) is 5.08. The first-order valence-electron chi connectivity index (χ1n) is 9.06. The highest BCUT2D eigenvalue weighted by atomic mass is 28.3. The smallest absolute Gasteiger partial charge is 0.158 e. The van der Waals surface area contributed by atoms with Crippen LogP contribution in [0.4, 0.5) is 0 Å². The highest BCUT2D eigenvalue weighted by Crippen LogP contribution is 2.61. The molecule has 2 nitrogen and oxygen atoms in total. The van der Waals surface area contributed by atoms with Crippen molar-refractivity contribution in [3.05, 3.63) is 0 Å². The lowest BCUT2D eigenvalue weighted by atomic mass is 10.2. The van der Waals surface area contributed by atoms with Crippen LogP contribution in [0.25, 0.3) is 0 Å². The zero-order valence-corrected chi connectivity index (χ0v) is 17.9. The van der Waals surface area contributed by atoms with Gasteiger partial charge in [0.05, 0.1) is 0 Å². The van der Waals surface area contributed by atoms with E-state index in [0.29, 0.717) is 6.61 Å². The molecule has 1 unspecified atom stereocenters. The van der Waals surface area contributed by atoms with Crippen LogP contribution < -0.4 is 0 Å². The summed E-state index contributed by atoms with van der Waals surface area (Å²) in [5.41, 5.74) is 3.80. The molecule has 0 aromatic rings. The Kier molecular flexibility index (Phi) is 6.58. The van der Waals surface area contributed by atoms with E-state index in [1.54, 1.807) is 0 Å². The van der Waals surface area contributed by atoms with Gasteiger partial charge in [-0.1, -0.05) is 68.2 Å². The van der Waals surface area contributed by atoms with Crippen LogP contribution in [-0.2, 0) is 9.47 Å². The average Bonchev–Trinajstić information content (AvgIpc) is 2.35. The van der Waals surface area contributed by atoms with Crippen LogP contribution in [0.1, 0.15) is 81.6 Å². The van der Waals surface area contributed by atoms with Crippen LogP contribution in [0.5, 0.6) is 0 Å². The molecule has 1 heterocycles. The molecule has 0 aliphatic carbocycles. The molecule has 0 N–H and O–H groups in total. The van der Waals surface area contributed by atoms with Crippen LogP contribution >= 0.6 is 0 Å². The molecule has 0 bridgehead atoms. The number of hydrogen-bond donors (Lipinski definition) is 0. The van der Waals surface area contributed by atoms with Crippen molar-refractivity contribution in [3.8, 4) is 11.5 Å². The zero-order valence-electron chi connectivity index (χ0n) is 16.9. The first kappa shape index (κ1) is 20.7. The molecule has 1 saturated heterocycles. The summed E-state index contributed by atoms with van der Waals surface area (Å²) in [6.07, 6.45) is 3.30. The predicted molar refractivity (Wildman–Crippen MR) is 102 cm³/mol. The average molecular weight is 339 g/mol. The molecule has 0 spiro atoms. The Morgan fingerprint density at radius 2 is 1.43 bits per heavy atom. The van der Waals surface area contributed by atoms with Crippen LogP contribution in [0.2, 0.25) is 15.1 Å². The number of hydrogen-bond acceptors (Lipinski definition) is 2. The first-order chi connectivity index (χ1) is 10.3. The largest absolute Gasteiger partial charge is 0.353 e. The molecular weight excluding hydrogens is 300 g/mol. The third kappa shape index (κ3) is 4.62. The Morgan fingerprint density at radius 1 is 0.913 bits per heavy atom. The molecule has 0 saturated carbocycles. The molecular formula is C20H38O2Si. The summed E-state index contributed by atoms with van der Waals surface area (Å²) < 4.78 is 11.5. The van der Waals surface area contributed by atoms with Gasteiger partial charge in [-0.05, 0) is 34.4 Å². The van der Waals surface area contributed by atoms with E-state index in [4.69, 9.17) is 9.47 Å². The molecule has 0 amide bonds. The summed E-state index contributed by atoms with van der Waals surface area (Å²) in [5.74, 6) is 3.40. The van der Waals surface area contributed by atoms with E-state index in [0.717, 1.165) is 19.4 Å². The van der Waals surface area contributed by atoms with Gasteiger partial charge < -0.3 is 9.47 Å². The van der Waals surface area contributed by atoms with Crippen molar-refractivity contribution >= 4 is 8.07 Å². The van der Waals surface area contributed by atoms with E-state index in [2.05, 4.69) is 73.8 Å². The molecule has 0 aromatic heterocycles. The SMILES string of the molecule is CC(C)(C)[Si](C#CCOC1CCCCO1)(C(C)(C)C)C(C)(C)C. The van der Waals surface area contributed by atoms with Crippen molar-refractivity contribution in [3.63, 3.8) is 0 Å². The maximum Gasteiger partial charge on any atom is 0.158 e. The maximum atomic E-state index is 5.84. The van der Waals surface area contributed by atoms with Gasteiger partial charge in [0.1, 0.15) is 6.61 Å². The maximum absolute atomic E-state index is 5.84. The molecule has 134 valence electrons. The normalized spacial score (nSPS) is 20.8. The Hall–Kier alpha value is -0.303. The molecule has 1 rings (SSSR count). The van der Waals surface area contributed by atoms with E-state index < -0.39 is 8.07 Å². The van der Waals surface area contributed by atoms with E-state index in [1.807, 2.05) is 0 Å². The Balaban J connectivity index is 3.00. The van der Waals surface area contributed by atoms with Crippen molar-refractivity contribution in [2.75, 3.05) is 13.2 Å². The Morgan fingerprint density at radius 3 is 1.83 bits per heavy atom. The lowest BCUT2D eigenvalue weighted by Crippen LogP contribution is -2.57. The summed E-state index contributed by atoms with van der Waals surface area (Å²) in [6, 6.07) is 0. The minimum atomic E-state index is -1.97. The van der Waals surface area contributed by atoms with Crippen molar-refractivity contribution in [2.45, 2.75) is 103 Å². The molecule has 1 atom stereocenters. The minimum Gasteiger partial charge on any atom is -0.353 e. The summed E-state index contributed by atoms with van der Waals surface area (Å²) in [6.45, 7) is 22.6. The van der Waals surface area contributed by atoms with E-state index in [1.165, 1.54) is 6.42 Å². The summed E-state index contributed by atoms with van der Waals surface area (Å²) in [7, 11) is -1.97. The van der Waals surface area contributed by atoms with Gasteiger partial charge in [-0.2, -0.15) is 0 Å². The van der Waals surface area contributed by atoms with Crippen LogP contribution in [-0.4, -0.2) is 27.6 Å². The molecule has 3 heteroatoms. The quantitative estimate of drug-likeness (QED) is 0.459. The molecule has 1 fully saturated rings. The monoisotopic (exact) mass is 338 g/mol. The van der Waals surface area contributed by atoms with Crippen molar-refractivity contribution in [2.24, 2.45) is 0 Å². The van der Waals surface area contributed by atoms with Gasteiger partial charge in [0.2, 0.25) is 0 Å². The molecule has 1 aliphatic heterocycles. The molecule has 23 heavy (non-hydrogen) atoms. The summed E-state index contributed by atoms with van der Waals surface area (Å²) in [5, 5.41) is 0.619. The number of rotatable bonds is 2. The molecule has 1 aliphatic rings. The topological polar surface area (TPSA) is 18.5 Å². The standard InChI is InChI=1S/C20H38O2Si/c1-18(2,3)23(19(4,5)6,20(7,8)9)16-12-15-22-17-13-10-11-14-21-17/h17H,10-11,13-15H2,1-9H3. The molecule has 0 radical (unpaired) electrons. The van der Waals surface area contributed by atoms with E-state index in [9.17, 15) is 0 Å². The molecule has 0 aromatic carbocycles. The predicted octanol–water partition coefficient (Wildman–Crippen LogP) is 5.92. The highest BCUT2D eigenvalue weighted by molar-refractivity contribution is 6.94. The fraction of sp³-hybridized carbons (Fsp3) is 0.900. The van der Waals surface area contributed by atoms with Gasteiger partial charge in [0.25, 0.3) is 0 Å².